The van der Waals surface area contributed by atoms with E-state index in [9.17, 15) is 27.9 Å². The second-order valence-electron chi connectivity index (χ2n) is 5.55. The van der Waals surface area contributed by atoms with Gasteiger partial charge in [-0.15, -0.1) is 13.2 Å². The molecule has 0 aliphatic heterocycles. The van der Waals surface area contributed by atoms with Crippen molar-refractivity contribution >= 4 is 17.6 Å². The Balaban J connectivity index is 1.94. The largest absolute Gasteiger partial charge is 0.573 e. The van der Waals surface area contributed by atoms with Crippen LogP contribution in [0.15, 0.2) is 54.6 Å². The van der Waals surface area contributed by atoms with Gasteiger partial charge in [-0.2, -0.15) is 0 Å². The topological polar surface area (TPSA) is 75.6 Å². The van der Waals surface area contributed by atoms with Gasteiger partial charge in [0.2, 0.25) is 5.91 Å². The van der Waals surface area contributed by atoms with E-state index in [-0.39, 0.29) is 18.5 Å². The molecule has 0 fully saturated rings. The van der Waals surface area contributed by atoms with E-state index in [1.807, 2.05) is 0 Å². The highest BCUT2D eigenvalue weighted by Gasteiger charge is 2.31. The van der Waals surface area contributed by atoms with Crippen molar-refractivity contribution in [3.05, 3.63) is 60.2 Å². The first-order valence-corrected chi connectivity index (χ1v) is 7.65. The van der Waals surface area contributed by atoms with Crippen LogP contribution in [-0.2, 0) is 16.0 Å². The number of alkyl halides is 3. The number of rotatable bonds is 7. The van der Waals surface area contributed by atoms with Crippen molar-refractivity contribution in [2.75, 3.05) is 5.32 Å². The fraction of sp³-hybridized carbons (Fsp3) is 0.222. The number of benzene rings is 2. The van der Waals surface area contributed by atoms with Crippen LogP contribution in [0.1, 0.15) is 12.0 Å². The molecular weight excluding hydrogens is 351 g/mol. The Morgan fingerprint density at radius 2 is 1.65 bits per heavy atom. The minimum Gasteiger partial charge on any atom is -0.481 e. The Kier molecular flexibility index (Phi) is 6.21. The lowest BCUT2D eigenvalue weighted by Gasteiger charge is -2.13. The van der Waals surface area contributed by atoms with Gasteiger partial charge in [0.25, 0.3) is 0 Å². The summed E-state index contributed by atoms with van der Waals surface area (Å²) in [5.74, 6) is -2.97. The van der Waals surface area contributed by atoms with Gasteiger partial charge in [-0.3, -0.25) is 9.59 Å². The predicted molar refractivity (Wildman–Crippen MR) is 87.6 cm³/mol. The van der Waals surface area contributed by atoms with E-state index in [0.717, 1.165) is 17.7 Å². The number of nitrogens with one attached hydrogen (secondary N) is 1. The molecule has 138 valence electrons. The van der Waals surface area contributed by atoms with E-state index in [1.165, 1.54) is 12.1 Å². The van der Waals surface area contributed by atoms with E-state index in [0.29, 0.717) is 0 Å². The normalized spacial score (nSPS) is 12.3. The highest BCUT2D eigenvalue weighted by molar-refractivity contribution is 5.93. The quantitative estimate of drug-likeness (QED) is 0.779. The number of anilines is 1. The van der Waals surface area contributed by atoms with Crippen molar-refractivity contribution in [2.45, 2.75) is 19.2 Å². The zero-order valence-electron chi connectivity index (χ0n) is 13.5. The summed E-state index contributed by atoms with van der Waals surface area (Å²) in [7, 11) is 0. The van der Waals surface area contributed by atoms with Gasteiger partial charge < -0.3 is 15.2 Å². The maximum absolute atomic E-state index is 12.1. The number of hydrogen-bond donors (Lipinski definition) is 2. The Morgan fingerprint density at radius 1 is 1.04 bits per heavy atom. The van der Waals surface area contributed by atoms with Crippen LogP contribution >= 0.6 is 0 Å². The molecule has 0 heterocycles. The van der Waals surface area contributed by atoms with E-state index < -0.39 is 29.9 Å². The molecule has 1 amide bonds. The summed E-state index contributed by atoms with van der Waals surface area (Å²) in [6, 6.07) is 13.5. The van der Waals surface area contributed by atoms with Gasteiger partial charge in [0, 0.05) is 12.1 Å². The minimum atomic E-state index is -4.79. The molecule has 0 bridgehead atoms. The van der Waals surface area contributed by atoms with Crippen LogP contribution in [0.4, 0.5) is 18.9 Å². The molecule has 5 nitrogen and oxygen atoms in total. The molecule has 2 rings (SSSR count). The molecule has 0 saturated carbocycles. The van der Waals surface area contributed by atoms with E-state index in [4.69, 9.17) is 0 Å². The second-order valence-corrected chi connectivity index (χ2v) is 5.55. The highest BCUT2D eigenvalue weighted by Crippen LogP contribution is 2.24. The lowest BCUT2D eigenvalue weighted by Crippen LogP contribution is -2.24. The first-order chi connectivity index (χ1) is 12.2. The smallest absolute Gasteiger partial charge is 0.481 e. The number of hydrogen-bond acceptors (Lipinski definition) is 3. The van der Waals surface area contributed by atoms with Crippen molar-refractivity contribution in [2.24, 2.45) is 5.92 Å². The van der Waals surface area contributed by atoms with Crippen LogP contribution in [0.5, 0.6) is 5.75 Å². The molecule has 2 aromatic rings. The number of carbonyl (C=O) groups is 2. The molecule has 8 heteroatoms. The lowest BCUT2D eigenvalue weighted by molar-refractivity contribution is -0.274. The van der Waals surface area contributed by atoms with Crippen molar-refractivity contribution < 1.29 is 32.6 Å². The third-order valence-electron chi connectivity index (χ3n) is 3.48. The number of ether oxygens (including phenoxy) is 1. The third-order valence-corrected chi connectivity index (χ3v) is 3.48. The summed E-state index contributed by atoms with van der Waals surface area (Å²) in [5, 5.41) is 11.8. The van der Waals surface area contributed by atoms with Crippen LogP contribution in [0.3, 0.4) is 0 Å². The Labute approximate surface area is 147 Å². The SMILES string of the molecule is O=C(C[C@@H](Cc1ccccc1)C(=O)O)Nc1ccc(OC(F)(F)F)cc1. The standard InChI is InChI=1S/C18H16F3NO4/c19-18(20,21)26-15-8-6-14(7-9-15)22-16(23)11-13(17(24)25)10-12-4-2-1-3-5-12/h1-9,13H,10-11H2,(H,22,23)(H,24,25)/t13-/m1/s1. The van der Waals surface area contributed by atoms with Gasteiger partial charge in [0.05, 0.1) is 5.92 Å². The summed E-state index contributed by atoms with van der Waals surface area (Å²) >= 11 is 0. The molecule has 0 aliphatic carbocycles. The Morgan fingerprint density at radius 3 is 2.19 bits per heavy atom. The number of carboxylic acid groups (broad SMARTS) is 1. The fourth-order valence-corrected chi connectivity index (χ4v) is 2.32. The van der Waals surface area contributed by atoms with Crippen molar-refractivity contribution in [1.29, 1.82) is 0 Å². The molecular formula is C18H16F3NO4. The van der Waals surface area contributed by atoms with Gasteiger partial charge in [0.15, 0.2) is 0 Å². The molecule has 0 saturated heterocycles. The molecule has 0 spiro atoms. The van der Waals surface area contributed by atoms with Crippen LogP contribution in [0.2, 0.25) is 0 Å². The third kappa shape index (κ3) is 6.46. The van der Waals surface area contributed by atoms with Crippen LogP contribution < -0.4 is 10.1 Å². The van der Waals surface area contributed by atoms with Gasteiger partial charge in [-0.25, -0.2) is 0 Å². The molecule has 0 aromatic heterocycles. The van der Waals surface area contributed by atoms with E-state index >= 15 is 0 Å². The van der Waals surface area contributed by atoms with E-state index in [1.54, 1.807) is 30.3 Å². The number of carbonyl (C=O) groups excluding carboxylic acids is 1. The predicted octanol–water partition coefficient (Wildman–Crippen LogP) is 3.86. The molecule has 0 aliphatic rings. The van der Waals surface area contributed by atoms with Gasteiger partial charge in [0.1, 0.15) is 5.75 Å². The van der Waals surface area contributed by atoms with Crippen molar-refractivity contribution in [1.82, 2.24) is 0 Å². The van der Waals surface area contributed by atoms with Gasteiger partial charge in [-0.1, -0.05) is 30.3 Å². The number of halogens is 3. The maximum atomic E-state index is 12.1. The zero-order valence-corrected chi connectivity index (χ0v) is 13.5. The Hall–Kier alpha value is -3.03. The number of aliphatic carboxylic acids is 1. The van der Waals surface area contributed by atoms with Gasteiger partial charge >= 0.3 is 12.3 Å². The average Bonchev–Trinajstić information content (AvgIpc) is 2.55. The first kappa shape index (κ1) is 19.3. The van der Waals surface area contributed by atoms with Crippen LogP contribution in [0.25, 0.3) is 0 Å². The van der Waals surface area contributed by atoms with Crippen molar-refractivity contribution in [3.63, 3.8) is 0 Å². The summed E-state index contributed by atoms with van der Waals surface area (Å²) in [6.07, 6.45) is -4.86. The second kappa shape index (κ2) is 8.37. The van der Waals surface area contributed by atoms with Crippen LogP contribution in [0, 0.1) is 5.92 Å². The molecule has 26 heavy (non-hydrogen) atoms. The first-order valence-electron chi connectivity index (χ1n) is 7.65. The monoisotopic (exact) mass is 367 g/mol. The minimum absolute atomic E-state index is 0.196. The molecule has 0 unspecified atom stereocenters. The lowest BCUT2D eigenvalue weighted by atomic mass is 9.96. The molecule has 2 aromatic carbocycles. The summed E-state index contributed by atoms with van der Waals surface area (Å²) < 4.78 is 40.0. The summed E-state index contributed by atoms with van der Waals surface area (Å²) in [6.45, 7) is 0. The summed E-state index contributed by atoms with van der Waals surface area (Å²) in [4.78, 5) is 23.4. The average molecular weight is 367 g/mol. The fourth-order valence-electron chi connectivity index (χ4n) is 2.32. The van der Waals surface area contributed by atoms with Crippen LogP contribution in [-0.4, -0.2) is 23.3 Å². The van der Waals surface area contributed by atoms with Gasteiger partial charge in [-0.05, 0) is 36.2 Å². The van der Waals surface area contributed by atoms with E-state index in [2.05, 4.69) is 10.1 Å². The summed E-state index contributed by atoms with van der Waals surface area (Å²) in [5.41, 5.74) is 1.04. The Bertz CT molecular complexity index is 745. The van der Waals surface area contributed by atoms with Crippen molar-refractivity contribution in [3.8, 4) is 5.75 Å². The maximum Gasteiger partial charge on any atom is 0.573 e. The molecule has 0 radical (unpaired) electrons. The number of carboxylic acids is 1. The zero-order chi connectivity index (χ0) is 19.2. The molecule has 2 N–H and O–H groups in total. The molecule has 1 atom stereocenters. The number of amides is 1. The highest BCUT2D eigenvalue weighted by atomic mass is 19.4.